The Bertz CT molecular complexity index is 93.0. The van der Waals surface area contributed by atoms with Crippen molar-refractivity contribution in [2.24, 2.45) is 0 Å². The number of hydrogen-bond acceptors (Lipinski definition) is 1. The molecule has 0 amide bonds. The van der Waals surface area contributed by atoms with Crippen LogP contribution in [0.2, 0.25) is 0 Å². The second-order valence-corrected chi connectivity index (χ2v) is 5.38. The molecule has 85 valence electrons. The number of unbranched alkanes of at least 4 members (excludes halogenated alkanes) is 9. The van der Waals surface area contributed by atoms with Gasteiger partial charge in [0.05, 0.1) is 0 Å². The minimum Gasteiger partial charge on any atom is -1.00 e. The monoisotopic (exact) mass is 366 g/mol. The third kappa shape index (κ3) is 12.8. The van der Waals surface area contributed by atoms with Crippen LogP contribution in [-0.2, 0) is 24.7 Å². The van der Waals surface area contributed by atoms with Crippen LogP contribution in [0, 0.1) is 0 Å². The summed E-state index contributed by atoms with van der Waals surface area (Å²) in [5.74, 6) is 0. The predicted molar refractivity (Wildman–Crippen MR) is 62.1 cm³/mol. The van der Waals surface area contributed by atoms with Crippen molar-refractivity contribution in [3.63, 3.8) is 0 Å². The molecule has 0 saturated heterocycles. The minimum atomic E-state index is 0. The van der Waals surface area contributed by atoms with Gasteiger partial charge in [0.2, 0.25) is 0 Å². The van der Waals surface area contributed by atoms with E-state index in [2.05, 4.69) is 10.2 Å². The molecule has 1 nitrogen and oxygen atoms in total. The van der Waals surface area contributed by atoms with E-state index in [0.29, 0.717) is 0 Å². The molecule has 0 heterocycles. The molecule has 0 aliphatic heterocycles. The summed E-state index contributed by atoms with van der Waals surface area (Å²) < 4.78 is 3.33. The van der Waals surface area contributed by atoms with Crippen LogP contribution in [-0.4, -0.2) is 6.54 Å². The van der Waals surface area contributed by atoms with Gasteiger partial charge in [-0.05, 0) is 0 Å². The van der Waals surface area contributed by atoms with Crippen LogP contribution in [0.15, 0.2) is 0 Å². The van der Waals surface area contributed by atoms with Gasteiger partial charge in [0.25, 0.3) is 0 Å². The third-order valence-electron chi connectivity index (χ3n) is 2.66. The zero-order valence-corrected chi connectivity index (χ0v) is 13.4. The first-order chi connectivity index (χ1) is 6.91. The molecule has 0 aliphatic rings. The fourth-order valence-corrected chi connectivity index (χ4v) is 2.34. The van der Waals surface area contributed by atoms with E-state index in [4.69, 9.17) is 0 Å². The number of nitrogens with one attached hydrogen (secondary N) is 1. The topological polar surface area (TPSA) is 12.0 Å². The molecule has 0 aromatic carbocycles. The van der Waals surface area contributed by atoms with Crippen LogP contribution in [0.5, 0.6) is 0 Å². The summed E-state index contributed by atoms with van der Waals surface area (Å²) in [6.45, 7) is 3.54. The van der Waals surface area contributed by atoms with Gasteiger partial charge in [0.15, 0.2) is 0 Å². The van der Waals surface area contributed by atoms with Crippen molar-refractivity contribution in [2.75, 3.05) is 6.54 Å². The largest absolute Gasteiger partial charge is 1.00 e. The fraction of sp³-hybridized carbons (Fsp3) is 1.00. The van der Waals surface area contributed by atoms with E-state index in [0.717, 1.165) is 24.7 Å². The molecule has 0 fully saturated rings. The molecular weight excluding hydrogens is 337 g/mol. The molecule has 0 aliphatic carbocycles. The molecule has 0 rings (SSSR count). The number of hydrogen-bond donors (Lipinski definition) is 1. The van der Waals surface area contributed by atoms with Crippen LogP contribution in [0.1, 0.15) is 74.0 Å². The Kier molecular flexibility index (Phi) is 14.7. The van der Waals surface area contributed by atoms with Gasteiger partial charge >= 0.3 is 98.7 Å². The normalized spacial score (nSPS) is 10.8. The average molecular weight is 365 g/mol. The van der Waals surface area contributed by atoms with E-state index >= 15 is 0 Å². The van der Waals surface area contributed by atoms with Crippen molar-refractivity contribution in [1.82, 2.24) is 3.30 Å². The van der Waals surface area contributed by atoms with Gasteiger partial charge in [-0.2, -0.15) is 0 Å². The van der Waals surface area contributed by atoms with Crippen LogP contribution in [0.3, 0.4) is 0 Å². The molecule has 0 unspecified atom stereocenters. The van der Waals surface area contributed by atoms with E-state index in [9.17, 15) is 0 Å². The Balaban J connectivity index is -0.000000845. The van der Waals surface area contributed by atoms with Crippen LogP contribution in [0.25, 0.3) is 0 Å². The fourth-order valence-electron chi connectivity index (χ4n) is 1.70. The van der Waals surface area contributed by atoms with Crippen molar-refractivity contribution in [1.29, 1.82) is 0 Å². The van der Waals surface area contributed by atoms with Gasteiger partial charge < -0.3 is 2.85 Å². The van der Waals surface area contributed by atoms with Crippen LogP contribution < -0.4 is 3.30 Å². The maximum atomic E-state index is 3.33. The first kappa shape index (κ1) is 14.8. The molecule has 0 aromatic heterocycles. The Morgan fingerprint density at radius 1 is 0.786 bits per heavy atom. The Morgan fingerprint density at radius 2 is 1.21 bits per heavy atom. The predicted octanol–water partition coefficient (Wildman–Crippen LogP) is 4.18. The van der Waals surface area contributed by atoms with Crippen molar-refractivity contribution in [3.05, 3.63) is 0 Å². The van der Waals surface area contributed by atoms with Gasteiger partial charge in [-0.25, -0.2) is 0 Å². The summed E-state index contributed by atoms with van der Waals surface area (Å²) in [6, 6.07) is 0. The molecule has 1 N–H and O–H groups in total. The van der Waals surface area contributed by atoms with Crippen LogP contribution in [0.4, 0.5) is 0 Å². The van der Waals surface area contributed by atoms with Gasteiger partial charge in [-0.1, -0.05) is 6.92 Å². The maximum absolute atomic E-state index is 3.33. The number of rotatable bonds is 11. The maximum Gasteiger partial charge on any atom is -1.00 e. The Labute approximate surface area is 108 Å². The van der Waals surface area contributed by atoms with Crippen LogP contribution >= 0.6 is 0 Å². The summed E-state index contributed by atoms with van der Waals surface area (Å²) in [7, 11) is 0. The first-order valence-corrected chi connectivity index (χ1v) is 8.11. The van der Waals surface area contributed by atoms with E-state index < -0.39 is 0 Å². The summed E-state index contributed by atoms with van der Waals surface area (Å²) >= 11 is 1.16. The minimum absolute atomic E-state index is 0. The summed E-state index contributed by atoms with van der Waals surface area (Å²) in [5.41, 5.74) is 0. The molecule has 0 aromatic rings. The molecule has 2 heteroatoms. The zero-order chi connectivity index (χ0) is 10.5. The van der Waals surface area contributed by atoms with Gasteiger partial charge in [-0.15, -0.1) is 0 Å². The summed E-state index contributed by atoms with van der Waals surface area (Å²) in [6.07, 6.45) is 14.4. The Hall–Kier alpha value is 0.830. The molecule has 14 heavy (non-hydrogen) atoms. The molecule has 0 saturated carbocycles. The smallest absolute Gasteiger partial charge is 1.00 e. The van der Waals surface area contributed by atoms with Crippen molar-refractivity contribution in [3.8, 4) is 0 Å². The van der Waals surface area contributed by atoms with E-state index in [1.807, 2.05) is 0 Å². The van der Waals surface area contributed by atoms with Crippen molar-refractivity contribution < 1.29 is 27.5 Å². The second kappa shape index (κ2) is 13.8. The van der Waals surface area contributed by atoms with Gasteiger partial charge in [-0.3, -0.25) is 0 Å². The van der Waals surface area contributed by atoms with E-state index in [1.54, 1.807) is 0 Å². The molecular formula is C12H28HfN. The van der Waals surface area contributed by atoms with Gasteiger partial charge in [0.1, 0.15) is 0 Å². The molecule has 0 radical (unpaired) electrons. The van der Waals surface area contributed by atoms with Gasteiger partial charge in [0, 0.05) is 0 Å². The quantitative estimate of drug-likeness (QED) is 0.428. The average Bonchev–Trinajstić information content (AvgIpc) is 2.21. The molecule has 0 bridgehead atoms. The van der Waals surface area contributed by atoms with E-state index in [-0.39, 0.29) is 2.85 Å². The Morgan fingerprint density at radius 3 is 1.64 bits per heavy atom. The molecule has 0 atom stereocenters. The first-order valence-electron chi connectivity index (χ1n) is 6.31. The zero-order valence-electron chi connectivity index (χ0n) is 11.8. The van der Waals surface area contributed by atoms with Crippen molar-refractivity contribution in [2.45, 2.75) is 71.1 Å². The summed E-state index contributed by atoms with van der Waals surface area (Å²) in [4.78, 5) is 0. The third-order valence-corrected chi connectivity index (χ3v) is 3.55. The standard InChI is InChI=1S/C12H26N.Hf.2H/c1-2-3-4-5-6-7-8-9-10-11-12-13;;;/h13H,2-12H2,1H3;;;/q-1;+3;2*-1. The SMILES string of the molecule is CCCCCCCCCCCC[NH][Hf+2].[H-].[H-]. The molecule has 0 spiro atoms. The van der Waals surface area contributed by atoms with E-state index in [1.165, 1.54) is 70.8 Å². The summed E-state index contributed by atoms with van der Waals surface area (Å²) in [5, 5.41) is 0. The second-order valence-electron chi connectivity index (χ2n) is 4.11. The van der Waals surface area contributed by atoms with Crippen molar-refractivity contribution >= 4 is 0 Å².